The van der Waals surface area contributed by atoms with Crippen molar-refractivity contribution < 1.29 is 40.4 Å². The summed E-state index contributed by atoms with van der Waals surface area (Å²) in [7, 11) is 0. The first-order chi connectivity index (χ1) is 15.6. The number of ether oxygens (including phenoxy) is 1. The van der Waals surface area contributed by atoms with E-state index in [1.54, 1.807) is 0 Å². The van der Waals surface area contributed by atoms with Gasteiger partial charge < -0.3 is 9.26 Å². The number of rotatable bonds is 4. The highest BCUT2D eigenvalue weighted by atomic mass is 35.5. The van der Waals surface area contributed by atoms with E-state index < -0.39 is 63.6 Å². The second kappa shape index (κ2) is 8.28. The lowest BCUT2D eigenvalue weighted by Crippen LogP contribution is -2.16. The van der Waals surface area contributed by atoms with E-state index in [0.717, 1.165) is 24.4 Å². The predicted molar refractivity (Wildman–Crippen MR) is 100 cm³/mol. The number of carbonyl (C=O) groups is 1. The van der Waals surface area contributed by atoms with Gasteiger partial charge in [0, 0.05) is 6.07 Å². The molecule has 0 spiro atoms. The van der Waals surface area contributed by atoms with E-state index in [0.29, 0.717) is 12.3 Å². The van der Waals surface area contributed by atoms with Crippen LogP contribution in [-0.2, 0) is 6.18 Å². The number of nitrogens with zero attached hydrogens (tertiary/aromatic N) is 3. The molecule has 0 aliphatic heterocycles. The Balaban J connectivity index is 1.81. The summed E-state index contributed by atoms with van der Waals surface area (Å²) in [6.45, 7) is 0. The number of carbonyl (C=O) groups excluding carboxylic acids is 1. The molecule has 2 heterocycles. The number of hydrogen-bond donors (Lipinski definition) is 0. The van der Waals surface area contributed by atoms with E-state index in [-0.39, 0.29) is 9.70 Å². The summed E-state index contributed by atoms with van der Waals surface area (Å²) < 4.78 is 92.9. The van der Waals surface area contributed by atoms with Gasteiger partial charge >= 0.3 is 12.1 Å². The van der Waals surface area contributed by atoms with Crippen molar-refractivity contribution in [3.63, 3.8) is 0 Å². The zero-order chi connectivity index (χ0) is 23.9. The summed E-state index contributed by atoms with van der Waals surface area (Å²) >= 11 is 5.79. The van der Waals surface area contributed by atoms with Crippen LogP contribution in [-0.4, -0.2) is 20.9 Å². The topological polar surface area (TPSA) is 70.2 Å². The molecule has 13 heteroatoms. The van der Waals surface area contributed by atoms with Crippen molar-refractivity contribution in [2.45, 2.75) is 6.18 Å². The van der Waals surface area contributed by atoms with Gasteiger partial charge in [0.25, 0.3) is 0 Å². The number of halogens is 7. The van der Waals surface area contributed by atoms with Crippen LogP contribution in [0.5, 0.6) is 5.75 Å². The molecule has 0 saturated carbocycles. The van der Waals surface area contributed by atoms with Crippen molar-refractivity contribution in [3.8, 4) is 22.8 Å². The van der Waals surface area contributed by atoms with Crippen LogP contribution in [0, 0.1) is 17.5 Å². The number of esters is 1. The maximum atomic E-state index is 14.2. The molecule has 6 nitrogen and oxygen atoms in total. The highest BCUT2D eigenvalue weighted by molar-refractivity contribution is 6.32. The number of alkyl halides is 3. The van der Waals surface area contributed by atoms with Crippen LogP contribution >= 0.6 is 11.6 Å². The number of aromatic nitrogens is 3. The molecule has 2 aromatic heterocycles. The average Bonchev–Trinajstić information content (AvgIpc) is 3.37. The standard InChI is InChI=1S/C20H8ClF6N3O3/c21-12-2-1-3-13(23)17(12)32-19(31)11-8-29-33-16(11)10-7-28-30(18(10)20(25,26)27)15-5-4-9(22)6-14(15)24/h1-8H. The lowest BCUT2D eigenvalue weighted by molar-refractivity contribution is -0.142. The molecule has 0 saturated heterocycles. The Labute approximate surface area is 184 Å². The van der Waals surface area contributed by atoms with Gasteiger partial charge in [0.1, 0.15) is 17.1 Å². The Hall–Kier alpha value is -3.80. The van der Waals surface area contributed by atoms with E-state index in [4.69, 9.17) is 20.9 Å². The zero-order valence-corrected chi connectivity index (χ0v) is 16.6. The van der Waals surface area contributed by atoms with Crippen LogP contribution in [0.15, 0.2) is 53.3 Å². The van der Waals surface area contributed by atoms with Gasteiger partial charge in [0.05, 0.1) is 23.0 Å². The summed E-state index contributed by atoms with van der Waals surface area (Å²) in [5, 5.41) is 6.57. The molecule has 170 valence electrons. The molecule has 4 rings (SSSR count). The first kappa shape index (κ1) is 22.4. The molecule has 0 bridgehead atoms. The lowest BCUT2D eigenvalue weighted by Gasteiger charge is -2.13. The van der Waals surface area contributed by atoms with E-state index >= 15 is 0 Å². The SMILES string of the molecule is O=C(Oc1c(F)cccc1Cl)c1cnoc1-c1cnn(-c2ccc(F)cc2F)c1C(F)(F)F. The fourth-order valence-corrected chi connectivity index (χ4v) is 3.13. The highest BCUT2D eigenvalue weighted by Crippen LogP contribution is 2.40. The van der Waals surface area contributed by atoms with Gasteiger partial charge in [0.15, 0.2) is 28.8 Å². The summed E-state index contributed by atoms with van der Waals surface area (Å²) in [6.07, 6.45) is -3.73. The van der Waals surface area contributed by atoms with Crippen LogP contribution in [0.3, 0.4) is 0 Å². The van der Waals surface area contributed by atoms with Gasteiger partial charge in [0.2, 0.25) is 0 Å². The summed E-state index contributed by atoms with van der Waals surface area (Å²) in [4.78, 5) is 12.5. The maximum Gasteiger partial charge on any atom is 0.434 e. The molecular formula is C20H8ClF6N3O3. The minimum Gasteiger partial charge on any atom is -0.418 e. The normalized spacial score (nSPS) is 11.6. The van der Waals surface area contributed by atoms with Crippen molar-refractivity contribution in [2.75, 3.05) is 0 Å². The van der Waals surface area contributed by atoms with E-state index in [2.05, 4.69) is 10.3 Å². The number of benzene rings is 2. The fourth-order valence-electron chi connectivity index (χ4n) is 2.93. The van der Waals surface area contributed by atoms with Gasteiger partial charge in [-0.1, -0.05) is 22.8 Å². The first-order valence-electron chi connectivity index (χ1n) is 8.79. The Morgan fingerprint density at radius 2 is 1.82 bits per heavy atom. The van der Waals surface area contributed by atoms with E-state index in [1.165, 1.54) is 12.1 Å². The third kappa shape index (κ3) is 4.16. The third-order valence-electron chi connectivity index (χ3n) is 4.32. The minimum absolute atomic E-state index is 0.176. The van der Waals surface area contributed by atoms with Crippen molar-refractivity contribution in [2.24, 2.45) is 0 Å². The quantitative estimate of drug-likeness (QED) is 0.206. The van der Waals surface area contributed by atoms with Gasteiger partial charge in [-0.3, -0.25) is 0 Å². The monoisotopic (exact) mass is 487 g/mol. The van der Waals surface area contributed by atoms with Gasteiger partial charge in [-0.05, 0) is 24.3 Å². The second-order valence-corrected chi connectivity index (χ2v) is 6.83. The van der Waals surface area contributed by atoms with Crippen LogP contribution in [0.4, 0.5) is 26.3 Å². The van der Waals surface area contributed by atoms with Crippen LogP contribution in [0.25, 0.3) is 17.0 Å². The van der Waals surface area contributed by atoms with Crippen LogP contribution < -0.4 is 4.74 Å². The largest absolute Gasteiger partial charge is 0.434 e. The third-order valence-corrected chi connectivity index (χ3v) is 4.62. The average molecular weight is 488 g/mol. The molecule has 2 aromatic carbocycles. The van der Waals surface area contributed by atoms with Crippen LogP contribution in [0.1, 0.15) is 16.1 Å². The molecule has 0 radical (unpaired) electrons. The van der Waals surface area contributed by atoms with Crippen molar-refractivity contribution >= 4 is 17.6 Å². The van der Waals surface area contributed by atoms with Gasteiger partial charge in [-0.2, -0.15) is 18.3 Å². The molecule has 4 aromatic rings. The molecule has 0 unspecified atom stereocenters. The second-order valence-electron chi connectivity index (χ2n) is 6.42. The molecule has 0 fully saturated rings. The zero-order valence-electron chi connectivity index (χ0n) is 15.8. The van der Waals surface area contributed by atoms with E-state index in [9.17, 15) is 31.1 Å². The Kier molecular flexibility index (Phi) is 5.62. The minimum atomic E-state index is -5.13. The van der Waals surface area contributed by atoms with Crippen molar-refractivity contribution in [1.29, 1.82) is 0 Å². The molecule has 33 heavy (non-hydrogen) atoms. The molecule has 0 amide bonds. The Morgan fingerprint density at radius 1 is 1.06 bits per heavy atom. The lowest BCUT2D eigenvalue weighted by atomic mass is 10.1. The summed E-state index contributed by atoms with van der Waals surface area (Å²) in [6, 6.07) is 5.31. The molecule has 0 aliphatic carbocycles. The van der Waals surface area contributed by atoms with Gasteiger partial charge in [-0.15, -0.1) is 0 Å². The predicted octanol–water partition coefficient (Wildman–Crippen LogP) is 5.84. The van der Waals surface area contributed by atoms with Gasteiger partial charge in [-0.25, -0.2) is 22.6 Å². The fraction of sp³-hybridized carbons (Fsp3) is 0.0500. The summed E-state index contributed by atoms with van der Waals surface area (Å²) in [5.41, 5.74) is -3.66. The van der Waals surface area contributed by atoms with E-state index in [1.807, 2.05) is 0 Å². The number of hydrogen-bond acceptors (Lipinski definition) is 5. The van der Waals surface area contributed by atoms with Crippen LogP contribution in [0.2, 0.25) is 5.02 Å². The maximum absolute atomic E-state index is 14.2. The Morgan fingerprint density at radius 3 is 2.48 bits per heavy atom. The number of para-hydroxylation sites is 1. The molecule has 0 atom stereocenters. The smallest absolute Gasteiger partial charge is 0.418 e. The molecular weight excluding hydrogens is 480 g/mol. The highest BCUT2D eigenvalue weighted by Gasteiger charge is 2.41. The Bertz CT molecular complexity index is 1350. The molecule has 0 N–H and O–H groups in total. The summed E-state index contributed by atoms with van der Waals surface area (Å²) in [5.74, 6) is -6.03. The first-order valence-corrected chi connectivity index (χ1v) is 9.17. The van der Waals surface area contributed by atoms with Crippen molar-refractivity contribution in [1.82, 2.24) is 14.9 Å². The molecule has 0 aliphatic rings. The van der Waals surface area contributed by atoms with Crippen molar-refractivity contribution in [3.05, 3.63) is 82.5 Å².